The van der Waals surface area contributed by atoms with E-state index in [9.17, 15) is 0 Å². The first-order valence-corrected chi connectivity index (χ1v) is 6.93. The summed E-state index contributed by atoms with van der Waals surface area (Å²) in [6.07, 6.45) is 5.32. The first kappa shape index (κ1) is 15.0. The molecule has 0 aromatic heterocycles. The van der Waals surface area contributed by atoms with Crippen molar-refractivity contribution in [3.63, 3.8) is 0 Å². The maximum atomic E-state index is 2.65. The van der Waals surface area contributed by atoms with E-state index >= 15 is 0 Å². The molecule has 0 aromatic rings. The minimum absolute atomic E-state index is 0.902. The van der Waals surface area contributed by atoms with Gasteiger partial charge in [-0.15, -0.1) is 0 Å². The van der Waals surface area contributed by atoms with Gasteiger partial charge in [0, 0.05) is 13.1 Å². The van der Waals surface area contributed by atoms with E-state index in [0.29, 0.717) is 0 Å². The summed E-state index contributed by atoms with van der Waals surface area (Å²) in [5, 5.41) is 0. The molecule has 0 amide bonds. The molecule has 0 heterocycles. The van der Waals surface area contributed by atoms with Crippen LogP contribution in [0.25, 0.3) is 0 Å². The van der Waals surface area contributed by atoms with Gasteiger partial charge in [0.2, 0.25) is 0 Å². The van der Waals surface area contributed by atoms with Gasteiger partial charge in [-0.3, -0.25) is 0 Å². The number of hydrogen-bond acceptors (Lipinski definition) is 1. The van der Waals surface area contributed by atoms with Crippen LogP contribution in [0.3, 0.4) is 0 Å². The van der Waals surface area contributed by atoms with Crippen LogP contribution in [0.1, 0.15) is 60.3 Å². The van der Waals surface area contributed by atoms with E-state index in [4.69, 9.17) is 0 Å². The average molecular weight is 213 g/mol. The normalized spacial score (nSPS) is 12.0. The summed E-state index contributed by atoms with van der Waals surface area (Å²) in [6.45, 7) is 15.4. The van der Waals surface area contributed by atoms with E-state index in [-0.39, 0.29) is 0 Å². The standard InChI is InChI=1S/C14H31N/c1-6-13(7-2)11-15(10-5)12-14(8-3)9-4/h13-14H,6-12H2,1-5H3. The molecule has 1 nitrogen and oxygen atoms in total. The largest absolute Gasteiger partial charge is 0.303 e. The molecule has 0 aliphatic carbocycles. The van der Waals surface area contributed by atoms with Gasteiger partial charge in [0.05, 0.1) is 0 Å². The van der Waals surface area contributed by atoms with Crippen molar-refractivity contribution < 1.29 is 0 Å². The minimum Gasteiger partial charge on any atom is -0.303 e. The summed E-state index contributed by atoms with van der Waals surface area (Å²) in [4.78, 5) is 2.65. The third kappa shape index (κ3) is 6.19. The van der Waals surface area contributed by atoms with Crippen molar-refractivity contribution in [1.29, 1.82) is 0 Å². The molecule has 92 valence electrons. The Balaban J connectivity index is 4.00. The summed E-state index contributed by atoms with van der Waals surface area (Å²) in [6, 6.07) is 0. The van der Waals surface area contributed by atoms with E-state index in [2.05, 4.69) is 39.5 Å². The van der Waals surface area contributed by atoms with E-state index in [0.717, 1.165) is 11.8 Å². The predicted molar refractivity (Wildman–Crippen MR) is 70.3 cm³/mol. The molecular formula is C14H31N. The molecule has 0 unspecified atom stereocenters. The van der Waals surface area contributed by atoms with E-state index in [1.165, 1.54) is 45.3 Å². The molecule has 0 aliphatic rings. The molecule has 0 atom stereocenters. The molecule has 0 bridgehead atoms. The van der Waals surface area contributed by atoms with Crippen molar-refractivity contribution in [2.24, 2.45) is 11.8 Å². The van der Waals surface area contributed by atoms with Crippen LogP contribution >= 0.6 is 0 Å². The van der Waals surface area contributed by atoms with Crippen molar-refractivity contribution in [1.82, 2.24) is 4.90 Å². The molecule has 0 spiro atoms. The first-order valence-electron chi connectivity index (χ1n) is 6.93. The molecule has 0 aromatic carbocycles. The van der Waals surface area contributed by atoms with Crippen LogP contribution in [-0.4, -0.2) is 24.5 Å². The fourth-order valence-electron chi connectivity index (χ4n) is 2.16. The van der Waals surface area contributed by atoms with Gasteiger partial charge in [-0.2, -0.15) is 0 Å². The van der Waals surface area contributed by atoms with Crippen LogP contribution in [0.4, 0.5) is 0 Å². The fraction of sp³-hybridized carbons (Fsp3) is 1.00. The van der Waals surface area contributed by atoms with Crippen LogP contribution in [-0.2, 0) is 0 Å². The Hall–Kier alpha value is -0.0400. The Bertz CT molecular complexity index is 111. The Morgan fingerprint density at radius 2 is 1.00 bits per heavy atom. The van der Waals surface area contributed by atoms with E-state index in [1.807, 2.05) is 0 Å². The zero-order valence-electron chi connectivity index (χ0n) is 11.6. The highest BCUT2D eigenvalue weighted by atomic mass is 15.1. The first-order chi connectivity index (χ1) is 7.21. The molecule has 15 heavy (non-hydrogen) atoms. The SMILES string of the molecule is CCC(CC)CN(CC)CC(CC)CC. The Kier molecular flexibility index (Phi) is 9.18. The fourth-order valence-corrected chi connectivity index (χ4v) is 2.16. The number of rotatable bonds is 9. The van der Waals surface area contributed by atoms with Crippen LogP contribution in [0.2, 0.25) is 0 Å². The lowest BCUT2D eigenvalue weighted by Gasteiger charge is -2.28. The molecule has 0 fully saturated rings. The topological polar surface area (TPSA) is 3.24 Å². The third-order valence-electron chi connectivity index (χ3n) is 3.79. The lowest BCUT2D eigenvalue weighted by molar-refractivity contribution is 0.196. The molecule has 1 heteroatoms. The lowest BCUT2D eigenvalue weighted by Crippen LogP contribution is -2.33. The summed E-state index contributed by atoms with van der Waals surface area (Å²) in [7, 11) is 0. The van der Waals surface area contributed by atoms with Gasteiger partial charge in [-0.25, -0.2) is 0 Å². The third-order valence-corrected chi connectivity index (χ3v) is 3.79. The highest BCUT2D eigenvalue weighted by molar-refractivity contribution is 4.67. The monoisotopic (exact) mass is 213 g/mol. The van der Waals surface area contributed by atoms with Crippen LogP contribution in [0, 0.1) is 11.8 Å². The van der Waals surface area contributed by atoms with E-state index < -0.39 is 0 Å². The van der Waals surface area contributed by atoms with Gasteiger partial charge < -0.3 is 4.90 Å². The lowest BCUT2D eigenvalue weighted by atomic mass is 9.99. The molecule has 0 N–H and O–H groups in total. The maximum Gasteiger partial charge on any atom is 0.000945 e. The Labute approximate surface area is 97.2 Å². The van der Waals surface area contributed by atoms with Crippen molar-refractivity contribution in [2.45, 2.75) is 60.3 Å². The highest BCUT2D eigenvalue weighted by Gasteiger charge is 2.13. The summed E-state index contributed by atoms with van der Waals surface area (Å²) in [5.41, 5.74) is 0. The minimum atomic E-state index is 0.902. The van der Waals surface area contributed by atoms with Crippen molar-refractivity contribution in [2.75, 3.05) is 19.6 Å². The number of hydrogen-bond donors (Lipinski definition) is 0. The molecule has 0 rings (SSSR count). The van der Waals surface area contributed by atoms with Gasteiger partial charge >= 0.3 is 0 Å². The zero-order valence-corrected chi connectivity index (χ0v) is 11.6. The second-order valence-electron chi connectivity index (χ2n) is 4.72. The van der Waals surface area contributed by atoms with E-state index in [1.54, 1.807) is 0 Å². The predicted octanol–water partition coefficient (Wildman–Crippen LogP) is 4.18. The average Bonchev–Trinajstić information content (AvgIpc) is 2.30. The zero-order chi connectivity index (χ0) is 11.7. The van der Waals surface area contributed by atoms with Gasteiger partial charge in [0.15, 0.2) is 0 Å². The van der Waals surface area contributed by atoms with Crippen LogP contribution in [0.5, 0.6) is 0 Å². The Morgan fingerprint density at radius 3 is 1.20 bits per heavy atom. The molecule has 0 saturated heterocycles. The van der Waals surface area contributed by atoms with Gasteiger partial charge in [-0.1, -0.05) is 60.3 Å². The van der Waals surface area contributed by atoms with Crippen molar-refractivity contribution in [3.05, 3.63) is 0 Å². The number of nitrogens with zero attached hydrogens (tertiary/aromatic N) is 1. The highest BCUT2D eigenvalue weighted by Crippen LogP contribution is 2.14. The molecule has 0 saturated carbocycles. The van der Waals surface area contributed by atoms with Gasteiger partial charge in [0.1, 0.15) is 0 Å². The second kappa shape index (κ2) is 9.21. The molecular weight excluding hydrogens is 182 g/mol. The summed E-state index contributed by atoms with van der Waals surface area (Å²) in [5.74, 6) is 1.80. The summed E-state index contributed by atoms with van der Waals surface area (Å²) < 4.78 is 0. The molecule has 0 aliphatic heterocycles. The quantitative estimate of drug-likeness (QED) is 0.555. The van der Waals surface area contributed by atoms with Crippen molar-refractivity contribution in [3.8, 4) is 0 Å². The maximum absolute atomic E-state index is 2.65. The van der Waals surface area contributed by atoms with Crippen molar-refractivity contribution >= 4 is 0 Å². The van der Waals surface area contributed by atoms with Crippen LogP contribution in [0.15, 0.2) is 0 Å². The smallest absolute Gasteiger partial charge is 0.000945 e. The Morgan fingerprint density at radius 1 is 0.667 bits per heavy atom. The van der Waals surface area contributed by atoms with Gasteiger partial charge in [-0.05, 0) is 18.4 Å². The summed E-state index contributed by atoms with van der Waals surface area (Å²) >= 11 is 0. The van der Waals surface area contributed by atoms with Gasteiger partial charge in [0.25, 0.3) is 0 Å². The second-order valence-corrected chi connectivity index (χ2v) is 4.72. The van der Waals surface area contributed by atoms with Crippen LogP contribution < -0.4 is 0 Å². The molecule has 0 radical (unpaired) electrons.